The van der Waals surface area contributed by atoms with Crippen LogP contribution < -0.4 is 5.32 Å². The maximum atomic E-state index is 12.0. The molecule has 0 bridgehead atoms. The second-order valence-corrected chi connectivity index (χ2v) is 5.55. The SMILES string of the molecule is COC[C@@H]1CCN(CC(=O)NCc2ccccc2C)C1. The summed E-state index contributed by atoms with van der Waals surface area (Å²) in [6, 6.07) is 8.14. The van der Waals surface area contributed by atoms with E-state index in [0.717, 1.165) is 26.1 Å². The van der Waals surface area contributed by atoms with Crippen molar-refractivity contribution in [1.29, 1.82) is 0 Å². The Kier molecular flexibility index (Phi) is 5.56. The van der Waals surface area contributed by atoms with Crippen molar-refractivity contribution in [3.63, 3.8) is 0 Å². The van der Waals surface area contributed by atoms with Gasteiger partial charge in [-0.1, -0.05) is 24.3 Å². The third kappa shape index (κ3) is 4.32. The zero-order valence-corrected chi connectivity index (χ0v) is 12.4. The second-order valence-electron chi connectivity index (χ2n) is 5.55. The van der Waals surface area contributed by atoms with Gasteiger partial charge in [0.2, 0.25) is 5.91 Å². The largest absolute Gasteiger partial charge is 0.384 e. The molecule has 2 rings (SSSR count). The fraction of sp³-hybridized carbons (Fsp3) is 0.562. The highest BCUT2D eigenvalue weighted by Crippen LogP contribution is 2.15. The zero-order chi connectivity index (χ0) is 14.4. The zero-order valence-electron chi connectivity index (χ0n) is 12.4. The molecule has 0 aromatic heterocycles. The van der Waals surface area contributed by atoms with Crippen LogP contribution in [0.4, 0.5) is 0 Å². The molecule has 0 radical (unpaired) electrons. The van der Waals surface area contributed by atoms with E-state index in [1.54, 1.807) is 7.11 Å². The number of methoxy groups -OCH3 is 1. The van der Waals surface area contributed by atoms with Gasteiger partial charge in [-0.2, -0.15) is 0 Å². The third-order valence-electron chi connectivity index (χ3n) is 3.88. The number of ether oxygens (including phenoxy) is 1. The average molecular weight is 276 g/mol. The van der Waals surface area contributed by atoms with Gasteiger partial charge >= 0.3 is 0 Å². The molecule has 110 valence electrons. The quantitative estimate of drug-likeness (QED) is 0.857. The van der Waals surface area contributed by atoms with E-state index in [1.807, 2.05) is 12.1 Å². The van der Waals surface area contributed by atoms with Crippen molar-refractivity contribution in [2.45, 2.75) is 19.9 Å². The molecule has 0 unspecified atom stereocenters. The number of amides is 1. The third-order valence-corrected chi connectivity index (χ3v) is 3.88. The van der Waals surface area contributed by atoms with Crippen LogP contribution in [0.3, 0.4) is 0 Å². The summed E-state index contributed by atoms with van der Waals surface area (Å²) in [6.45, 7) is 5.92. The monoisotopic (exact) mass is 276 g/mol. The molecule has 1 aliphatic rings. The lowest BCUT2D eigenvalue weighted by molar-refractivity contribution is -0.122. The minimum absolute atomic E-state index is 0.103. The molecular formula is C16H24N2O2. The maximum Gasteiger partial charge on any atom is 0.234 e. The van der Waals surface area contributed by atoms with E-state index in [9.17, 15) is 4.79 Å². The fourth-order valence-corrected chi connectivity index (χ4v) is 2.69. The summed E-state index contributed by atoms with van der Waals surface area (Å²) in [5.74, 6) is 0.676. The van der Waals surface area contributed by atoms with Gasteiger partial charge in [-0.3, -0.25) is 9.69 Å². The number of hydrogen-bond acceptors (Lipinski definition) is 3. The van der Waals surface area contributed by atoms with E-state index in [1.165, 1.54) is 11.1 Å². The smallest absolute Gasteiger partial charge is 0.234 e. The highest BCUT2D eigenvalue weighted by molar-refractivity contribution is 5.78. The molecule has 1 heterocycles. The normalized spacial score (nSPS) is 19.2. The van der Waals surface area contributed by atoms with E-state index >= 15 is 0 Å². The van der Waals surface area contributed by atoms with Crippen LogP contribution in [0.25, 0.3) is 0 Å². The summed E-state index contributed by atoms with van der Waals surface area (Å²) in [7, 11) is 1.73. The molecule has 1 saturated heterocycles. The molecular weight excluding hydrogens is 252 g/mol. The molecule has 1 aliphatic heterocycles. The van der Waals surface area contributed by atoms with Crippen LogP contribution in [0, 0.1) is 12.8 Å². The van der Waals surface area contributed by atoms with E-state index in [-0.39, 0.29) is 5.91 Å². The molecule has 1 aromatic carbocycles. The number of nitrogens with zero attached hydrogens (tertiary/aromatic N) is 1. The second kappa shape index (κ2) is 7.41. The minimum Gasteiger partial charge on any atom is -0.384 e. The van der Waals surface area contributed by atoms with Gasteiger partial charge in [-0.15, -0.1) is 0 Å². The van der Waals surface area contributed by atoms with E-state index in [2.05, 4.69) is 29.3 Å². The first kappa shape index (κ1) is 15.0. The topological polar surface area (TPSA) is 41.6 Å². The van der Waals surface area contributed by atoms with Crippen molar-refractivity contribution in [3.8, 4) is 0 Å². The number of benzene rings is 1. The Balaban J connectivity index is 1.72. The standard InChI is InChI=1S/C16H24N2O2/c1-13-5-3-4-6-15(13)9-17-16(19)11-18-8-7-14(10-18)12-20-2/h3-6,14H,7-12H2,1-2H3,(H,17,19)/t14-/m1/s1. The van der Waals surface area contributed by atoms with Crippen molar-refractivity contribution >= 4 is 5.91 Å². The van der Waals surface area contributed by atoms with Gasteiger partial charge in [0, 0.05) is 20.2 Å². The van der Waals surface area contributed by atoms with E-state index < -0.39 is 0 Å². The van der Waals surface area contributed by atoms with Crippen molar-refractivity contribution in [3.05, 3.63) is 35.4 Å². The molecule has 4 heteroatoms. The highest BCUT2D eigenvalue weighted by Gasteiger charge is 2.23. The van der Waals surface area contributed by atoms with Crippen LogP contribution >= 0.6 is 0 Å². The Morgan fingerprint density at radius 1 is 1.45 bits per heavy atom. The van der Waals surface area contributed by atoms with Crippen LogP contribution in [-0.2, 0) is 16.1 Å². The van der Waals surface area contributed by atoms with Crippen LogP contribution in [0.2, 0.25) is 0 Å². The fourth-order valence-electron chi connectivity index (χ4n) is 2.69. The summed E-state index contributed by atoms with van der Waals surface area (Å²) in [4.78, 5) is 14.2. The van der Waals surface area contributed by atoms with Crippen molar-refractivity contribution in [2.75, 3.05) is 33.4 Å². The first-order valence-corrected chi connectivity index (χ1v) is 7.21. The number of rotatable bonds is 6. The Morgan fingerprint density at radius 2 is 2.25 bits per heavy atom. The molecule has 1 atom stereocenters. The number of carbonyl (C=O) groups is 1. The Labute approximate surface area is 121 Å². The number of aryl methyl sites for hydroxylation is 1. The molecule has 0 aliphatic carbocycles. The van der Waals surface area contributed by atoms with Crippen LogP contribution in [-0.4, -0.2) is 44.2 Å². The lowest BCUT2D eigenvalue weighted by Gasteiger charge is -2.16. The van der Waals surface area contributed by atoms with Gasteiger partial charge in [-0.25, -0.2) is 0 Å². The Morgan fingerprint density at radius 3 is 3.00 bits per heavy atom. The minimum atomic E-state index is 0.103. The molecule has 20 heavy (non-hydrogen) atoms. The number of likely N-dealkylation sites (tertiary alicyclic amines) is 1. The van der Waals surface area contributed by atoms with E-state index in [4.69, 9.17) is 4.74 Å². The molecule has 1 aromatic rings. The highest BCUT2D eigenvalue weighted by atomic mass is 16.5. The van der Waals surface area contributed by atoms with Gasteiger partial charge < -0.3 is 10.1 Å². The van der Waals surface area contributed by atoms with Crippen molar-refractivity contribution < 1.29 is 9.53 Å². The molecule has 1 N–H and O–H groups in total. The summed E-state index contributed by atoms with van der Waals surface area (Å²) in [6.07, 6.45) is 1.12. The first-order valence-electron chi connectivity index (χ1n) is 7.21. The average Bonchev–Trinajstić information content (AvgIpc) is 2.85. The summed E-state index contributed by atoms with van der Waals surface area (Å²) in [5.41, 5.74) is 2.40. The predicted octanol–water partition coefficient (Wildman–Crippen LogP) is 1.58. The molecule has 1 fully saturated rings. The van der Waals surface area contributed by atoms with Crippen LogP contribution in [0.15, 0.2) is 24.3 Å². The number of hydrogen-bond donors (Lipinski definition) is 1. The van der Waals surface area contributed by atoms with Crippen LogP contribution in [0.5, 0.6) is 0 Å². The number of nitrogens with one attached hydrogen (secondary N) is 1. The predicted molar refractivity (Wildman–Crippen MR) is 79.4 cm³/mol. The van der Waals surface area contributed by atoms with Gasteiger partial charge in [0.1, 0.15) is 0 Å². The van der Waals surface area contributed by atoms with Gasteiger partial charge in [0.05, 0.1) is 13.2 Å². The molecule has 4 nitrogen and oxygen atoms in total. The molecule has 1 amide bonds. The Hall–Kier alpha value is -1.39. The Bertz CT molecular complexity index is 448. The molecule has 0 spiro atoms. The summed E-state index contributed by atoms with van der Waals surface area (Å²) in [5, 5.41) is 3.00. The first-order chi connectivity index (χ1) is 9.69. The number of carbonyl (C=O) groups excluding carboxylic acids is 1. The van der Waals surface area contributed by atoms with Gasteiger partial charge in [0.25, 0.3) is 0 Å². The maximum absolute atomic E-state index is 12.0. The van der Waals surface area contributed by atoms with Crippen molar-refractivity contribution in [1.82, 2.24) is 10.2 Å². The van der Waals surface area contributed by atoms with Gasteiger partial charge in [-0.05, 0) is 36.9 Å². The van der Waals surface area contributed by atoms with Crippen LogP contribution in [0.1, 0.15) is 17.5 Å². The van der Waals surface area contributed by atoms with Gasteiger partial charge in [0.15, 0.2) is 0 Å². The molecule has 0 saturated carbocycles. The van der Waals surface area contributed by atoms with E-state index in [0.29, 0.717) is 19.0 Å². The lowest BCUT2D eigenvalue weighted by atomic mass is 10.1. The summed E-state index contributed by atoms with van der Waals surface area (Å²) >= 11 is 0. The van der Waals surface area contributed by atoms with Crippen molar-refractivity contribution in [2.24, 2.45) is 5.92 Å². The lowest BCUT2D eigenvalue weighted by Crippen LogP contribution is -2.36. The summed E-state index contributed by atoms with van der Waals surface area (Å²) < 4.78 is 5.17.